The molecule has 0 bridgehead atoms. The predicted molar refractivity (Wildman–Crippen MR) is 85.4 cm³/mol. The molecule has 1 amide bonds. The largest absolute Gasteiger partial charge is 0.383 e. The number of benzene rings is 1. The van der Waals surface area contributed by atoms with Gasteiger partial charge in [-0.1, -0.05) is 6.07 Å². The first-order valence-corrected chi connectivity index (χ1v) is 7.05. The van der Waals surface area contributed by atoms with Crippen molar-refractivity contribution in [3.8, 4) is 0 Å². The first-order chi connectivity index (χ1) is 10.6. The molecule has 0 fully saturated rings. The standard InChI is InChI=1S/C16H20N4O2/c1-11-9-12(2)19-16(18-11)20-14-6-4-5-13(10-14)15(21)17-7-8-22-3/h4-6,9-10H,7-8H2,1-3H3,(H,17,21)(H,18,19,20). The quantitative estimate of drug-likeness (QED) is 0.800. The van der Waals surface area contributed by atoms with Crippen LogP contribution in [-0.4, -0.2) is 36.1 Å². The number of aryl methyl sites for hydroxylation is 2. The van der Waals surface area contributed by atoms with Crippen LogP contribution in [0, 0.1) is 13.8 Å². The maximum Gasteiger partial charge on any atom is 0.251 e. The molecule has 2 aromatic rings. The van der Waals surface area contributed by atoms with Gasteiger partial charge in [-0.05, 0) is 38.1 Å². The number of aromatic nitrogens is 2. The van der Waals surface area contributed by atoms with Crippen molar-refractivity contribution in [2.24, 2.45) is 0 Å². The SMILES string of the molecule is COCCNC(=O)c1cccc(Nc2nc(C)cc(C)n2)c1. The van der Waals surface area contributed by atoms with Crippen LogP contribution < -0.4 is 10.6 Å². The number of nitrogens with zero attached hydrogens (tertiary/aromatic N) is 2. The minimum Gasteiger partial charge on any atom is -0.383 e. The van der Waals surface area contributed by atoms with Crippen LogP contribution in [0.1, 0.15) is 21.7 Å². The summed E-state index contributed by atoms with van der Waals surface area (Å²) in [5.74, 6) is 0.386. The Morgan fingerprint density at radius 3 is 2.59 bits per heavy atom. The van der Waals surface area contributed by atoms with Crippen molar-refractivity contribution in [2.75, 3.05) is 25.6 Å². The molecule has 0 atom stereocenters. The van der Waals surface area contributed by atoms with Crippen LogP contribution in [0.25, 0.3) is 0 Å². The summed E-state index contributed by atoms with van der Waals surface area (Å²) >= 11 is 0. The molecule has 22 heavy (non-hydrogen) atoms. The zero-order valence-electron chi connectivity index (χ0n) is 13.0. The van der Waals surface area contributed by atoms with Crippen LogP contribution >= 0.6 is 0 Å². The van der Waals surface area contributed by atoms with Crippen molar-refractivity contribution >= 4 is 17.5 Å². The van der Waals surface area contributed by atoms with Gasteiger partial charge in [0.25, 0.3) is 5.91 Å². The number of rotatable bonds is 6. The zero-order chi connectivity index (χ0) is 15.9. The van der Waals surface area contributed by atoms with Crippen molar-refractivity contribution in [1.29, 1.82) is 0 Å². The van der Waals surface area contributed by atoms with E-state index in [2.05, 4.69) is 20.6 Å². The molecule has 0 radical (unpaired) electrons. The van der Waals surface area contributed by atoms with Crippen LogP contribution in [-0.2, 0) is 4.74 Å². The van der Waals surface area contributed by atoms with Gasteiger partial charge in [-0.25, -0.2) is 9.97 Å². The second kappa shape index (κ2) is 7.51. The van der Waals surface area contributed by atoms with Gasteiger partial charge >= 0.3 is 0 Å². The smallest absolute Gasteiger partial charge is 0.251 e. The molecule has 6 heteroatoms. The van der Waals surface area contributed by atoms with E-state index in [9.17, 15) is 4.79 Å². The Kier molecular flexibility index (Phi) is 5.43. The molecule has 6 nitrogen and oxygen atoms in total. The van der Waals surface area contributed by atoms with Crippen molar-refractivity contribution in [1.82, 2.24) is 15.3 Å². The fraction of sp³-hybridized carbons (Fsp3) is 0.312. The highest BCUT2D eigenvalue weighted by molar-refractivity contribution is 5.95. The van der Waals surface area contributed by atoms with Crippen molar-refractivity contribution in [3.05, 3.63) is 47.3 Å². The summed E-state index contributed by atoms with van der Waals surface area (Å²) in [7, 11) is 1.60. The van der Waals surface area contributed by atoms with Gasteiger partial charge in [-0.2, -0.15) is 0 Å². The lowest BCUT2D eigenvalue weighted by Gasteiger charge is -2.09. The monoisotopic (exact) mass is 300 g/mol. The van der Waals surface area contributed by atoms with E-state index in [4.69, 9.17) is 4.74 Å². The lowest BCUT2D eigenvalue weighted by atomic mass is 10.2. The zero-order valence-corrected chi connectivity index (χ0v) is 13.0. The first kappa shape index (κ1) is 15.9. The number of anilines is 2. The van der Waals surface area contributed by atoms with E-state index in [1.165, 1.54) is 0 Å². The molecule has 116 valence electrons. The van der Waals surface area contributed by atoms with Gasteiger partial charge in [0.15, 0.2) is 0 Å². The van der Waals surface area contributed by atoms with E-state index in [0.29, 0.717) is 24.7 Å². The number of carbonyl (C=O) groups excluding carboxylic acids is 1. The summed E-state index contributed by atoms with van der Waals surface area (Å²) in [6, 6.07) is 9.12. The average molecular weight is 300 g/mol. The van der Waals surface area contributed by atoms with Crippen molar-refractivity contribution < 1.29 is 9.53 Å². The number of hydrogen-bond donors (Lipinski definition) is 2. The van der Waals surface area contributed by atoms with Crippen LogP contribution in [0.2, 0.25) is 0 Å². The fourth-order valence-corrected chi connectivity index (χ4v) is 2.02. The van der Waals surface area contributed by atoms with Crippen molar-refractivity contribution in [3.63, 3.8) is 0 Å². The Balaban J connectivity index is 2.09. The van der Waals surface area contributed by atoms with Crippen LogP contribution in [0.15, 0.2) is 30.3 Å². The molecule has 0 aliphatic rings. The summed E-state index contributed by atoms with van der Waals surface area (Å²) in [6.45, 7) is 4.80. The third-order valence-corrected chi connectivity index (χ3v) is 2.95. The number of methoxy groups -OCH3 is 1. The number of ether oxygens (including phenoxy) is 1. The van der Waals surface area contributed by atoms with Gasteiger partial charge < -0.3 is 15.4 Å². The number of hydrogen-bond acceptors (Lipinski definition) is 5. The number of amides is 1. The molecule has 0 saturated carbocycles. The second-order valence-corrected chi connectivity index (χ2v) is 4.93. The number of nitrogens with one attached hydrogen (secondary N) is 2. The van der Waals surface area contributed by atoms with E-state index in [1.54, 1.807) is 19.2 Å². The van der Waals surface area contributed by atoms with Gasteiger partial charge in [0.05, 0.1) is 6.61 Å². The van der Waals surface area contributed by atoms with Gasteiger partial charge in [0, 0.05) is 36.3 Å². The van der Waals surface area contributed by atoms with Crippen LogP contribution in [0.4, 0.5) is 11.6 Å². The highest BCUT2D eigenvalue weighted by Crippen LogP contribution is 2.15. The van der Waals surface area contributed by atoms with Gasteiger partial charge in [0.2, 0.25) is 5.95 Å². The summed E-state index contributed by atoms with van der Waals surface area (Å²) in [4.78, 5) is 20.7. The maximum atomic E-state index is 12.0. The Hall–Kier alpha value is -2.47. The van der Waals surface area contributed by atoms with Crippen molar-refractivity contribution in [2.45, 2.75) is 13.8 Å². The summed E-state index contributed by atoms with van der Waals surface area (Å²) in [5, 5.41) is 5.91. The molecular weight excluding hydrogens is 280 g/mol. The fourth-order valence-electron chi connectivity index (χ4n) is 2.02. The molecule has 1 heterocycles. The minimum atomic E-state index is -0.137. The lowest BCUT2D eigenvalue weighted by Crippen LogP contribution is -2.26. The molecule has 0 unspecified atom stereocenters. The third-order valence-electron chi connectivity index (χ3n) is 2.95. The Morgan fingerprint density at radius 1 is 1.18 bits per heavy atom. The molecule has 2 rings (SSSR count). The topological polar surface area (TPSA) is 76.1 Å². The first-order valence-electron chi connectivity index (χ1n) is 7.05. The van der Waals surface area contributed by atoms with E-state index < -0.39 is 0 Å². The highest BCUT2D eigenvalue weighted by Gasteiger charge is 2.06. The van der Waals surface area contributed by atoms with E-state index in [-0.39, 0.29) is 5.91 Å². The van der Waals surface area contributed by atoms with E-state index >= 15 is 0 Å². The summed E-state index contributed by atoms with van der Waals surface area (Å²) < 4.78 is 4.91. The Bertz CT molecular complexity index is 638. The Labute approximate surface area is 129 Å². The molecule has 1 aromatic heterocycles. The molecule has 0 aliphatic heterocycles. The van der Waals surface area contributed by atoms with E-state index in [0.717, 1.165) is 17.1 Å². The minimum absolute atomic E-state index is 0.137. The van der Waals surface area contributed by atoms with E-state index in [1.807, 2.05) is 32.0 Å². The third kappa shape index (κ3) is 4.53. The van der Waals surface area contributed by atoms with Crippen LogP contribution in [0.5, 0.6) is 0 Å². The molecule has 0 spiro atoms. The summed E-state index contributed by atoms with van der Waals surface area (Å²) in [5.41, 5.74) is 3.13. The Morgan fingerprint density at radius 2 is 1.91 bits per heavy atom. The van der Waals surface area contributed by atoms with Gasteiger partial charge in [0.1, 0.15) is 0 Å². The number of carbonyl (C=O) groups is 1. The van der Waals surface area contributed by atoms with Gasteiger partial charge in [-0.15, -0.1) is 0 Å². The predicted octanol–water partition coefficient (Wildman–Crippen LogP) is 2.21. The molecule has 2 N–H and O–H groups in total. The molecule has 0 aliphatic carbocycles. The summed E-state index contributed by atoms with van der Waals surface area (Å²) in [6.07, 6.45) is 0. The maximum absolute atomic E-state index is 12.0. The second-order valence-electron chi connectivity index (χ2n) is 4.93. The molecule has 1 aromatic carbocycles. The molecule has 0 saturated heterocycles. The lowest BCUT2D eigenvalue weighted by molar-refractivity contribution is 0.0937. The normalized spacial score (nSPS) is 10.3. The average Bonchev–Trinajstić information content (AvgIpc) is 2.46. The van der Waals surface area contributed by atoms with Gasteiger partial charge in [-0.3, -0.25) is 4.79 Å². The molecular formula is C16H20N4O2. The van der Waals surface area contributed by atoms with Crippen LogP contribution in [0.3, 0.4) is 0 Å². The highest BCUT2D eigenvalue weighted by atomic mass is 16.5.